The Bertz CT molecular complexity index is 353. The van der Waals surface area contributed by atoms with Crippen molar-refractivity contribution in [2.24, 2.45) is 5.92 Å². The first kappa shape index (κ1) is 20.1. The van der Waals surface area contributed by atoms with Gasteiger partial charge in [-0.25, -0.2) is 0 Å². The lowest BCUT2D eigenvalue weighted by Gasteiger charge is -2.25. The largest absolute Gasteiger partial charge is 0.480 e. The van der Waals surface area contributed by atoms with Gasteiger partial charge in [-0.1, -0.05) is 38.8 Å². The van der Waals surface area contributed by atoms with E-state index in [1.165, 1.54) is 12.8 Å². The molecule has 1 rings (SSSR count). The van der Waals surface area contributed by atoms with Crippen molar-refractivity contribution in [1.29, 1.82) is 0 Å². The van der Waals surface area contributed by atoms with Gasteiger partial charge in [0.15, 0.2) is 0 Å². The van der Waals surface area contributed by atoms with Gasteiger partial charge in [-0.05, 0) is 31.6 Å². The summed E-state index contributed by atoms with van der Waals surface area (Å²) in [5, 5.41) is 12.5. The average Bonchev–Trinajstić information content (AvgIpc) is 2.56. The molecule has 0 radical (unpaired) electrons. The molecular weight excluding hydrogens is 294 g/mol. The second-order valence-corrected chi connectivity index (χ2v) is 6.45. The van der Waals surface area contributed by atoms with Crippen LogP contribution in [0.5, 0.6) is 0 Å². The highest BCUT2D eigenvalue weighted by Crippen LogP contribution is 2.18. The summed E-state index contributed by atoms with van der Waals surface area (Å²) >= 11 is 0. The second kappa shape index (κ2) is 11.6. The molecule has 0 aromatic heterocycles. The highest BCUT2D eigenvalue weighted by atomic mass is 16.5. The molecule has 23 heavy (non-hydrogen) atoms. The van der Waals surface area contributed by atoms with Crippen molar-refractivity contribution < 1.29 is 19.4 Å². The van der Waals surface area contributed by atoms with E-state index >= 15 is 0 Å². The maximum absolute atomic E-state index is 11.4. The zero-order valence-corrected chi connectivity index (χ0v) is 14.8. The van der Waals surface area contributed by atoms with Gasteiger partial charge in [-0.3, -0.25) is 10.1 Å². The lowest BCUT2D eigenvalue weighted by molar-refractivity contribution is -0.138. The Balaban J connectivity index is 2.47. The first-order valence-corrected chi connectivity index (χ1v) is 8.84. The molecular formula is C18H33NO4. The number of carboxylic acid groups (broad SMARTS) is 1. The van der Waals surface area contributed by atoms with Gasteiger partial charge in [0, 0.05) is 19.8 Å². The predicted octanol–water partition coefficient (Wildman–Crippen LogP) is 3.00. The van der Waals surface area contributed by atoms with Crippen LogP contribution in [-0.4, -0.2) is 49.6 Å². The van der Waals surface area contributed by atoms with Crippen LogP contribution in [0.15, 0.2) is 12.2 Å². The minimum Gasteiger partial charge on any atom is -0.480 e. The highest BCUT2D eigenvalue weighted by molar-refractivity contribution is 5.75. The molecule has 0 spiro atoms. The molecule has 0 aromatic rings. The fourth-order valence-corrected chi connectivity index (χ4v) is 2.96. The van der Waals surface area contributed by atoms with Crippen molar-refractivity contribution in [1.82, 2.24) is 5.32 Å². The van der Waals surface area contributed by atoms with Crippen molar-refractivity contribution in [2.75, 3.05) is 20.3 Å². The number of hydrogen-bond acceptors (Lipinski definition) is 4. The summed E-state index contributed by atoms with van der Waals surface area (Å²) in [6, 6.07) is -0.540. The number of ether oxygens (including phenoxy) is 2. The van der Waals surface area contributed by atoms with Crippen LogP contribution in [0, 0.1) is 5.92 Å². The molecule has 1 aliphatic heterocycles. The van der Waals surface area contributed by atoms with Gasteiger partial charge in [0.05, 0.1) is 12.7 Å². The van der Waals surface area contributed by atoms with Crippen LogP contribution in [0.3, 0.4) is 0 Å². The predicted molar refractivity (Wildman–Crippen MR) is 91.6 cm³/mol. The summed E-state index contributed by atoms with van der Waals surface area (Å²) in [5.41, 5.74) is 0. The SMILES string of the molecule is CCCC[C@H](C)[C@H](CC=C[C@H](N[C@@H]1CCCOC1)C(=O)O)OC. The molecule has 0 aromatic carbocycles. The van der Waals surface area contributed by atoms with E-state index in [1.807, 2.05) is 6.08 Å². The average molecular weight is 327 g/mol. The molecule has 1 heterocycles. The van der Waals surface area contributed by atoms with Crippen LogP contribution in [-0.2, 0) is 14.3 Å². The third-order valence-corrected chi connectivity index (χ3v) is 4.49. The second-order valence-electron chi connectivity index (χ2n) is 6.45. The Labute approximate surface area is 140 Å². The molecule has 5 nitrogen and oxygen atoms in total. The number of carboxylic acids is 1. The first-order chi connectivity index (χ1) is 11.1. The third kappa shape index (κ3) is 7.95. The Morgan fingerprint density at radius 3 is 2.87 bits per heavy atom. The quantitative estimate of drug-likeness (QED) is 0.571. The molecule has 134 valence electrons. The Morgan fingerprint density at radius 1 is 1.52 bits per heavy atom. The van der Waals surface area contributed by atoms with E-state index in [0.29, 0.717) is 12.5 Å². The molecule has 4 atom stereocenters. The van der Waals surface area contributed by atoms with Gasteiger partial charge in [0.2, 0.25) is 0 Å². The number of aliphatic carboxylic acids is 1. The molecule has 0 saturated carbocycles. The van der Waals surface area contributed by atoms with Gasteiger partial charge in [-0.2, -0.15) is 0 Å². The van der Waals surface area contributed by atoms with Gasteiger partial charge in [-0.15, -0.1) is 0 Å². The standard InChI is InChI=1S/C18H33NO4/c1-4-5-8-14(2)17(22-3)11-6-10-16(18(20)21)19-15-9-7-12-23-13-15/h6,10,14-17,19H,4-5,7-9,11-13H2,1-3H3,(H,20,21)/t14-,15+,16-,17-/m0/s1. The fraction of sp³-hybridized carbons (Fsp3) is 0.833. The smallest absolute Gasteiger partial charge is 0.324 e. The summed E-state index contributed by atoms with van der Waals surface area (Å²) in [4.78, 5) is 11.4. The Kier molecular flexibility index (Phi) is 10.2. The molecule has 2 N–H and O–H groups in total. The summed E-state index contributed by atoms with van der Waals surface area (Å²) in [7, 11) is 1.73. The minimum absolute atomic E-state index is 0.121. The normalized spacial score (nSPS) is 22.8. The van der Waals surface area contributed by atoms with E-state index in [1.54, 1.807) is 13.2 Å². The highest BCUT2D eigenvalue weighted by Gasteiger charge is 2.21. The van der Waals surface area contributed by atoms with Crippen LogP contribution in [0.2, 0.25) is 0 Å². The molecule has 0 unspecified atom stereocenters. The maximum Gasteiger partial charge on any atom is 0.324 e. The molecule has 0 aliphatic carbocycles. The number of rotatable bonds is 11. The zero-order valence-electron chi connectivity index (χ0n) is 14.8. The molecule has 1 aliphatic rings. The van der Waals surface area contributed by atoms with E-state index in [9.17, 15) is 9.90 Å². The van der Waals surface area contributed by atoms with Crippen LogP contribution < -0.4 is 5.32 Å². The van der Waals surface area contributed by atoms with Gasteiger partial charge >= 0.3 is 5.97 Å². The third-order valence-electron chi connectivity index (χ3n) is 4.49. The Hall–Kier alpha value is -0.910. The molecule has 0 amide bonds. The van der Waals surface area contributed by atoms with E-state index in [-0.39, 0.29) is 12.1 Å². The van der Waals surface area contributed by atoms with Crippen LogP contribution in [0.1, 0.15) is 52.4 Å². The van der Waals surface area contributed by atoms with Crippen molar-refractivity contribution in [3.05, 3.63) is 12.2 Å². The number of unbranched alkanes of at least 4 members (excludes halogenated alkanes) is 1. The van der Waals surface area contributed by atoms with E-state index in [4.69, 9.17) is 9.47 Å². The number of carbonyl (C=O) groups is 1. The van der Waals surface area contributed by atoms with Crippen molar-refractivity contribution in [3.63, 3.8) is 0 Å². The topological polar surface area (TPSA) is 67.8 Å². The summed E-state index contributed by atoms with van der Waals surface area (Å²) in [6.45, 7) is 5.75. The summed E-state index contributed by atoms with van der Waals surface area (Å²) in [6.07, 6.45) is 10.0. The molecule has 0 bridgehead atoms. The van der Waals surface area contributed by atoms with Crippen molar-refractivity contribution >= 4 is 5.97 Å². The minimum atomic E-state index is -0.847. The van der Waals surface area contributed by atoms with Crippen molar-refractivity contribution in [3.8, 4) is 0 Å². The van der Waals surface area contributed by atoms with Gasteiger partial charge in [0.1, 0.15) is 6.04 Å². The molecule has 1 fully saturated rings. The first-order valence-electron chi connectivity index (χ1n) is 8.84. The van der Waals surface area contributed by atoms with Crippen molar-refractivity contribution in [2.45, 2.75) is 70.6 Å². The van der Waals surface area contributed by atoms with Crippen LogP contribution in [0.4, 0.5) is 0 Å². The number of hydrogen-bond donors (Lipinski definition) is 2. The molecule has 1 saturated heterocycles. The monoisotopic (exact) mass is 327 g/mol. The molecule has 5 heteroatoms. The van der Waals surface area contributed by atoms with E-state index in [0.717, 1.165) is 32.3 Å². The van der Waals surface area contributed by atoms with Gasteiger partial charge < -0.3 is 14.6 Å². The maximum atomic E-state index is 11.4. The summed E-state index contributed by atoms with van der Waals surface area (Å²) in [5.74, 6) is -0.368. The van der Waals surface area contributed by atoms with E-state index in [2.05, 4.69) is 19.2 Å². The fourth-order valence-electron chi connectivity index (χ4n) is 2.96. The lowest BCUT2D eigenvalue weighted by Crippen LogP contribution is -2.46. The Morgan fingerprint density at radius 2 is 2.30 bits per heavy atom. The van der Waals surface area contributed by atoms with Crippen LogP contribution in [0.25, 0.3) is 0 Å². The number of methoxy groups -OCH3 is 1. The lowest BCUT2D eigenvalue weighted by atomic mass is 9.95. The zero-order chi connectivity index (χ0) is 17.1. The van der Waals surface area contributed by atoms with E-state index < -0.39 is 12.0 Å². The van der Waals surface area contributed by atoms with Crippen LogP contribution >= 0.6 is 0 Å². The van der Waals surface area contributed by atoms with Gasteiger partial charge in [0.25, 0.3) is 0 Å². The number of nitrogens with one attached hydrogen (secondary N) is 1. The summed E-state index contributed by atoms with van der Waals surface area (Å²) < 4.78 is 11.0.